The van der Waals surface area contributed by atoms with Gasteiger partial charge in [0.25, 0.3) is 0 Å². The molecule has 1 aromatic heterocycles. The van der Waals surface area contributed by atoms with Crippen LogP contribution in [-0.4, -0.2) is 48.9 Å². The van der Waals surface area contributed by atoms with Gasteiger partial charge in [0.05, 0.1) is 21.3 Å². The third-order valence-corrected chi connectivity index (χ3v) is 5.51. The first-order valence-corrected chi connectivity index (χ1v) is 10.8. The highest BCUT2D eigenvalue weighted by molar-refractivity contribution is 7.89. The smallest absolute Gasteiger partial charge is 0.323 e. The van der Waals surface area contributed by atoms with Gasteiger partial charge in [-0.15, -0.1) is 0 Å². The number of fused-ring (bicyclic) bond motifs is 1. The quantitative estimate of drug-likeness (QED) is 0.593. The molecular formula is C17H22Cl2N4O4S. The third-order valence-electron chi connectivity index (χ3n) is 3.94. The number of anilines is 2. The van der Waals surface area contributed by atoms with Gasteiger partial charge in [-0.1, -0.05) is 23.2 Å². The van der Waals surface area contributed by atoms with Crippen LogP contribution < -0.4 is 15.4 Å². The molecule has 0 saturated heterocycles. The number of sulfonamides is 1. The van der Waals surface area contributed by atoms with Crippen LogP contribution in [0.5, 0.6) is 0 Å². The lowest BCUT2D eigenvalue weighted by Gasteiger charge is -2.36. The Morgan fingerprint density at radius 2 is 1.96 bits per heavy atom. The molecule has 2 rings (SSSR count). The Kier molecular flexibility index (Phi) is 6.65. The molecule has 0 unspecified atom stereocenters. The second kappa shape index (κ2) is 8.28. The number of carbonyl (C=O) groups is 1. The molecule has 0 bridgehead atoms. The van der Waals surface area contributed by atoms with Crippen molar-refractivity contribution in [2.45, 2.75) is 26.3 Å². The van der Waals surface area contributed by atoms with E-state index in [2.05, 4.69) is 10.3 Å². The van der Waals surface area contributed by atoms with Crippen LogP contribution >= 0.6 is 23.2 Å². The van der Waals surface area contributed by atoms with Gasteiger partial charge >= 0.3 is 5.97 Å². The zero-order chi connectivity index (χ0) is 21.3. The number of aromatic nitrogens is 1. The summed E-state index contributed by atoms with van der Waals surface area (Å²) in [6.07, 6.45) is 0. The highest BCUT2D eigenvalue weighted by Crippen LogP contribution is 2.36. The van der Waals surface area contributed by atoms with Crippen molar-refractivity contribution in [2.75, 3.05) is 29.1 Å². The Balaban J connectivity index is 2.63. The zero-order valence-corrected chi connectivity index (χ0v) is 18.0. The molecule has 0 aliphatic carbocycles. The minimum Gasteiger partial charge on any atom is -0.480 e. The van der Waals surface area contributed by atoms with E-state index in [1.165, 1.54) is 0 Å². The molecule has 0 aliphatic heterocycles. The van der Waals surface area contributed by atoms with Gasteiger partial charge in [-0.2, -0.15) is 0 Å². The lowest BCUT2D eigenvalue weighted by Crippen LogP contribution is -2.45. The van der Waals surface area contributed by atoms with Crippen molar-refractivity contribution in [3.05, 3.63) is 28.2 Å². The number of carboxylic acids is 1. The van der Waals surface area contributed by atoms with Gasteiger partial charge in [0.15, 0.2) is 0 Å². The summed E-state index contributed by atoms with van der Waals surface area (Å²) in [5.41, 5.74) is 0.369. The molecule has 4 N–H and O–H groups in total. The summed E-state index contributed by atoms with van der Waals surface area (Å²) in [7, 11) is -3.64. The number of carboxylic acid groups (broad SMARTS) is 1. The van der Waals surface area contributed by atoms with Crippen LogP contribution in [0.4, 0.5) is 11.5 Å². The van der Waals surface area contributed by atoms with Gasteiger partial charge in [-0.25, -0.2) is 18.5 Å². The Hall–Kier alpha value is -1.81. The van der Waals surface area contributed by atoms with Gasteiger partial charge in [-0.3, -0.25) is 4.79 Å². The molecule has 0 saturated carbocycles. The molecule has 0 fully saturated rings. The van der Waals surface area contributed by atoms with E-state index in [4.69, 9.17) is 28.3 Å². The van der Waals surface area contributed by atoms with Crippen molar-refractivity contribution in [1.29, 1.82) is 0 Å². The highest BCUT2D eigenvalue weighted by atomic mass is 35.5. The van der Waals surface area contributed by atoms with E-state index in [1.54, 1.807) is 23.1 Å². The highest BCUT2D eigenvalue weighted by Gasteiger charge is 2.26. The van der Waals surface area contributed by atoms with Crippen molar-refractivity contribution in [3.63, 3.8) is 0 Å². The Labute approximate surface area is 173 Å². The van der Waals surface area contributed by atoms with E-state index in [9.17, 15) is 18.3 Å². The zero-order valence-electron chi connectivity index (χ0n) is 15.7. The number of primary sulfonamides is 1. The summed E-state index contributed by atoms with van der Waals surface area (Å²) in [6, 6.07) is 4.97. The number of nitrogens with two attached hydrogens (primary N) is 1. The van der Waals surface area contributed by atoms with Gasteiger partial charge < -0.3 is 15.3 Å². The number of aliphatic carboxylic acids is 1. The van der Waals surface area contributed by atoms with E-state index in [0.717, 1.165) is 0 Å². The van der Waals surface area contributed by atoms with E-state index >= 15 is 0 Å². The molecule has 0 spiro atoms. The summed E-state index contributed by atoms with van der Waals surface area (Å²) in [4.78, 5) is 17.5. The maximum atomic E-state index is 11.4. The summed E-state index contributed by atoms with van der Waals surface area (Å²) >= 11 is 12.4. The molecule has 0 aliphatic rings. The number of nitrogens with one attached hydrogen (secondary N) is 1. The number of rotatable bonds is 7. The molecule has 28 heavy (non-hydrogen) atoms. The SMILES string of the molecule is CC(C)(C)N(CC(=O)O)c1cc(NCCS(N)(=O)=O)c2ccc(Cl)c(Cl)c2n1. The van der Waals surface area contributed by atoms with Crippen LogP contribution in [0.3, 0.4) is 0 Å². The van der Waals surface area contributed by atoms with Crippen LogP contribution in [0, 0.1) is 0 Å². The molecule has 154 valence electrons. The third kappa shape index (κ3) is 5.60. The molecular weight excluding hydrogens is 427 g/mol. The number of hydrogen-bond acceptors (Lipinski definition) is 6. The van der Waals surface area contributed by atoms with E-state index in [0.29, 0.717) is 27.4 Å². The summed E-state index contributed by atoms with van der Waals surface area (Å²) < 4.78 is 22.5. The molecule has 1 heterocycles. The van der Waals surface area contributed by atoms with Crippen molar-refractivity contribution in [3.8, 4) is 0 Å². The van der Waals surface area contributed by atoms with Crippen LogP contribution in [0.15, 0.2) is 18.2 Å². The molecule has 1 aromatic carbocycles. The fourth-order valence-electron chi connectivity index (χ4n) is 2.63. The van der Waals surface area contributed by atoms with Crippen molar-refractivity contribution < 1.29 is 18.3 Å². The topological polar surface area (TPSA) is 126 Å². The van der Waals surface area contributed by atoms with E-state index < -0.39 is 21.5 Å². The Morgan fingerprint density at radius 3 is 2.50 bits per heavy atom. The lowest BCUT2D eigenvalue weighted by atomic mass is 10.1. The van der Waals surface area contributed by atoms with Crippen LogP contribution in [-0.2, 0) is 14.8 Å². The van der Waals surface area contributed by atoms with Gasteiger partial charge in [0, 0.05) is 29.2 Å². The Morgan fingerprint density at radius 1 is 1.32 bits per heavy atom. The van der Waals surface area contributed by atoms with Crippen molar-refractivity contribution >= 4 is 61.6 Å². The van der Waals surface area contributed by atoms with Gasteiger partial charge in [-0.05, 0) is 32.9 Å². The molecule has 0 radical (unpaired) electrons. The number of hydrogen-bond donors (Lipinski definition) is 3. The standard InChI is InChI=1S/C17H22Cl2N4O4S/c1-17(2,3)23(9-14(24)25)13-8-12(21-6-7-28(20,26)27)10-4-5-11(18)15(19)16(10)22-13/h4-5,8H,6-7,9H2,1-3H3,(H,21,22)(H,24,25)(H2,20,26,27). The van der Waals surface area contributed by atoms with Crippen molar-refractivity contribution in [1.82, 2.24) is 4.98 Å². The minimum absolute atomic E-state index is 0.0616. The molecule has 0 amide bonds. The first-order chi connectivity index (χ1) is 12.8. The maximum absolute atomic E-state index is 11.4. The second-order valence-corrected chi connectivity index (χ2v) is 9.75. The van der Waals surface area contributed by atoms with Crippen molar-refractivity contribution in [2.24, 2.45) is 5.14 Å². The van der Waals surface area contributed by atoms with E-state index in [1.807, 2.05) is 20.8 Å². The maximum Gasteiger partial charge on any atom is 0.323 e. The average Bonchev–Trinajstić information content (AvgIpc) is 2.53. The summed E-state index contributed by atoms with van der Waals surface area (Å²) in [5, 5.41) is 18.5. The normalized spacial score (nSPS) is 12.2. The van der Waals surface area contributed by atoms with Crippen LogP contribution in [0.2, 0.25) is 10.0 Å². The van der Waals surface area contributed by atoms with Crippen LogP contribution in [0.1, 0.15) is 20.8 Å². The Bertz CT molecular complexity index is 1010. The summed E-state index contributed by atoms with van der Waals surface area (Å²) in [6.45, 7) is 5.35. The van der Waals surface area contributed by atoms with Gasteiger partial charge in [0.2, 0.25) is 10.0 Å². The lowest BCUT2D eigenvalue weighted by molar-refractivity contribution is -0.135. The fourth-order valence-corrected chi connectivity index (χ4v) is 3.38. The van der Waals surface area contributed by atoms with Gasteiger partial charge in [0.1, 0.15) is 12.4 Å². The first-order valence-electron chi connectivity index (χ1n) is 8.32. The van der Waals surface area contributed by atoms with E-state index in [-0.39, 0.29) is 23.9 Å². The average molecular weight is 449 g/mol. The number of pyridine rings is 1. The second-order valence-electron chi connectivity index (χ2n) is 7.23. The largest absolute Gasteiger partial charge is 0.480 e. The number of halogens is 2. The monoisotopic (exact) mass is 448 g/mol. The number of nitrogens with zero attached hydrogens (tertiary/aromatic N) is 2. The molecule has 0 atom stereocenters. The molecule has 2 aromatic rings. The fraction of sp³-hybridized carbons (Fsp3) is 0.412. The van der Waals surface area contributed by atoms with Crippen LogP contribution in [0.25, 0.3) is 10.9 Å². The first kappa shape index (κ1) is 22.5. The predicted octanol–water partition coefficient (Wildman–Crippen LogP) is 2.93. The number of benzene rings is 1. The molecule has 8 nitrogen and oxygen atoms in total. The predicted molar refractivity (Wildman–Crippen MR) is 113 cm³/mol. The minimum atomic E-state index is -3.64. The molecule has 11 heteroatoms. The summed E-state index contributed by atoms with van der Waals surface area (Å²) in [5.74, 6) is -0.923.